The second kappa shape index (κ2) is 5.33. The summed E-state index contributed by atoms with van der Waals surface area (Å²) in [5.74, 6) is 0. The maximum absolute atomic E-state index is 8.49. The van der Waals surface area contributed by atoms with Crippen LogP contribution in [0.4, 0.5) is 0 Å². The molecule has 0 amide bonds. The van der Waals surface area contributed by atoms with Crippen molar-refractivity contribution in [2.75, 3.05) is 6.61 Å². The summed E-state index contributed by atoms with van der Waals surface area (Å²) in [7, 11) is -1.06. The van der Waals surface area contributed by atoms with Gasteiger partial charge in [-0.05, 0) is 13.3 Å². The van der Waals surface area contributed by atoms with Crippen LogP contribution in [0.1, 0.15) is 13.3 Å². The second-order valence-electron chi connectivity index (χ2n) is 4.03. The molecular formula is C10H20OSi. The molecule has 0 atom stereocenters. The summed E-state index contributed by atoms with van der Waals surface area (Å²) in [5, 5.41) is 10.0. The minimum Gasteiger partial charge on any atom is -0.392 e. The summed E-state index contributed by atoms with van der Waals surface area (Å²) in [5.41, 5.74) is 0. The van der Waals surface area contributed by atoms with Crippen molar-refractivity contribution in [3.8, 4) is 0 Å². The third-order valence-electron chi connectivity index (χ3n) is 2.02. The van der Waals surface area contributed by atoms with Gasteiger partial charge in [0, 0.05) is 0 Å². The van der Waals surface area contributed by atoms with Gasteiger partial charge in [-0.2, -0.15) is 0 Å². The first-order valence-electron chi connectivity index (χ1n) is 4.41. The lowest BCUT2D eigenvalue weighted by molar-refractivity contribution is 0.342. The molecule has 0 aliphatic rings. The molecule has 0 aromatic heterocycles. The van der Waals surface area contributed by atoms with Crippen LogP contribution in [0.25, 0.3) is 0 Å². The van der Waals surface area contributed by atoms with E-state index in [1.54, 1.807) is 6.08 Å². The van der Waals surface area contributed by atoms with Crippen molar-refractivity contribution in [3.05, 3.63) is 23.4 Å². The van der Waals surface area contributed by atoms with Crippen molar-refractivity contribution >= 4 is 8.07 Å². The van der Waals surface area contributed by atoms with E-state index in [0.29, 0.717) is 0 Å². The van der Waals surface area contributed by atoms with E-state index in [9.17, 15) is 0 Å². The molecule has 0 spiro atoms. The van der Waals surface area contributed by atoms with Gasteiger partial charge in [-0.25, -0.2) is 0 Å². The maximum atomic E-state index is 8.49. The quantitative estimate of drug-likeness (QED) is 0.526. The van der Waals surface area contributed by atoms with Gasteiger partial charge in [0.2, 0.25) is 0 Å². The standard InChI is InChI=1S/C10H20OSi/c1-10(12(2,3)4)8-6-5-7-9-11/h5,7-8,11H,6,9H2,1-4H3/b7-5+,10-8+. The lowest BCUT2D eigenvalue weighted by Crippen LogP contribution is -2.21. The normalized spacial score (nSPS) is 14.2. The molecule has 0 unspecified atom stereocenters. The van der Waals surface area contributed by atoms with E-state index in [4.69, 9.17) is 5.11 Å². The summed E-state index contributed by atoms with van der Waals surface area (Å²) in [6.45, 7) is 9.39. The van der Waals surface area contributed by atoms with E-state index in [2.05, 4.69) is 32.6 Å². The first-order valence-corrected chi connectivity index (χ1v) is 7.91. The number of allylic oxidation sites excluding steroid dienone is 3. The Labute approximate surface area is 76.8 Å². The molecule has 70 valence electrons. The van der Waals surface area contributed by atoms with Crippen LogP contribution >= 0.6 is 0 Å². The highest BCUT2D eigenvalue weighted by Crippen LogP contribution is 2.13. The fourth-order valence-corrected chi connectivity index (χ4v) is 1.45. The van der Waals surface area contributed by atoms with Crippen molar-refractivity contribution in [2.45, 2.75) is 33.0 Å². The Hall–Kier alpha value is -0.343. The molecule has 0 saturated heterocycles. The summed E-state index contributed by atoms with van der Waals surface area (Å²) < 4.78 is 0. The Balaban J connectivity index is 3.94. The van der Waals surface area contributed by atoms with Gasteiger partial charge in [0.25, 0.3) is 0 Å². The molecule has 1 N–H and O–H groups in total. The van der Waals surface area contributed by atoms with Gasteiger partial charge in [-0.15, -0.1) is 0 Å². The molecule has 12 heavy (non-hydrogen) atoms. The molecule has 0 bridgehead atoms. The van der Waals surface area contributed by atoms with Gasteiger partial charge in [0.15, 0.2) is 0 Å². The van der Waals surface area contributed by atoms with Crippen molar-refractivity contribution in [1.82, 2.24) is 0 Å². The van der Waals surface area contributed by atoms with E-state index in [1.807, 2.05) is 6.08 Å². The predicted molar refractivity (Wildman–Crippen MR) is 57.9 cm³/mol. The highest BCUT2D eigenvalue weighted by Gasteiger charge is 2.13. The van der Waals surface area contributed by atoms with E-state index in [1.165, 1.54) is 5.20 Å². The minimum atomic E-state index is -1.06. The number of hydrogen-bond donors (Lipinski definition) is 1. The van der Waals surface area contributed by atoms with Gasteiger partial charge >= 0.3 is 0 Å². The molecule has 0 radical (unpaired) electrons. The maximum Gasteiger partial charge on any atom is 0.0716 e. The molecule has 0 fully saturated rings. The van der Waals surface area contributed by atoms with Crippen LogP contribution in [0, 0.1) is 0 Å². The third kappa shape index (κ3) is 5.33. The van der Waals surface area contributed by atoms with Gasteiger partial charge in [-0.1, -0.05) is 43.1 Å². The summed E-state index contributed by atoms with van der Waals surface area (Å²) >= 11 is 0. The molecule has 0 aromatic rings. The van der Waals surface area contributed by atoms with E-state index in [-0.39, 0.29) is 6.61 Å². The highest BCUT2D eigenvalue weighted by atomic mass is 28.3. The van der Waals surface area contributed by atoms with Crippen LogP contribution in [0.3, 0.4) is 0 Å². The molecule has 0 aliphatic carbocycles. The van der Waals surface area contributed by atoms with Gasteiger partial charge in [-0.3, -0.25) is 0 Å². The first kappa shape index (κ1) is 11.7. The van der Waals surface area contributed by atoms with E-state index in [0.717, 1.165) is 6.42 Å². The zero-order chi connectivity index (χ0) is 9.61. The molecular weight excluding hydrogens is 164 g/mol. The fraction of sp³-hybridized carbons (Fsp3) is 0.600. The zero-order valence-electron chi connectivity index (χ0n) is 8.59. The average molecular weight is 184 g/mol. The Bertz CT molecular complexity index is 175. The van der Waals surface area contributed by atoms with Gasteiger partial charge < -0.3 is 5.11 Å². The Kier molecular flexibility index (Phi) is 5.18. The van der Waals surface area contributed by atoms with Crippen LogP contribution in [-0.2, 0) is 0 Å². The van der Waals surface area contributed by atoms with Crippen molar-refractivity contribution < 1.29 is 5.11 Å². The zero-order valence-corrected chi connectivity index (χ0v) is 9.59. The molecule has 0 rings (SSSR count). The van der Waals surface area contributed by atoms with Crippen LogP contribution in [0.5, 0.6) is 0 Å². The number of aliphatic hydroxyl groups excluding tert-OH is 1. The van der Waals surface area contributed by atoms with Crippen molar-refractivity contribution in [3.63, 3.8) is 0 Å². The molecule has 2 heteroatoms. The lowest BCUT2D eigenvalue weighted by Gasteiger charge is -2.16. The number of rotatable bonds is 4. The number of hydrogen-bond acceptors (Lipinski definition) is 1. The van der Waals surface area contributed by atoms with Gasteiger partial charge in [0.05, 0.1) is 14.7 Å². The second-order valence-corrected chi connectivity index (χ2v) is 9.32. The van der Waals surface area contributed by atoms with Crippen molar-refractivity contribution in [1.29, 1.82) is 0 Å². The summed E-state index contributed by atoms with van der Waals surface area (Å²) in [6.07, 6.45) is 7.01. The first-order chi connectivity index (χ1) is 5.48. The molecule has 0 saturated carbocycles. The largest absolute Gasteiger partial charge is 0.392 e. The van der Waals surface area contributed by atoms with Gasteiger partial charge in [0.1, 0.15) is 0 Å². The Morgan fingerprint density at radius 2 is 1.83 bits per heavy atom. The third-order valence-corrected chi connectivity index (χ3v) is 4.59. The molecule has 1 nitrogen and oxygen atoms in total. The summed E-state index contributed by atoms with van der Waals surface area (Å²) in [6, 6.07) is 0. The van der Waals surface area contributed by atoms with Crippen LogP contribution in [-0.4, -0.2) is 19.8 Å². The van der Waals surface area contributed by atoms with Crippen LogP contribution in [0.15, 0.2) is 23.4 Å². The Morgan fingerprint density at radius 1 is 1.25 bits per heavy atom. The van der Waals surface area contributed by atoms with Crippen LogP contribution < -0.4 is 0 Å². The van der Waals surface area contributed by atoms with E-state index < -0.39 is 8.07 Å². The van der Waals surface area contributed by atoms with E-state index >= 15 is 0 Å². The smallest absolute Gasteiger partial charge is 0.0716 e. The summed E-state index contributed by atoms with van der Waals surface area (Å²) in [4.78, 5) is 0. The van der Waals surface area contributed by atoms with Crippen molar-refractivity contribution in [2.24, 2.45) is 0 Å². The molecule has 0 heterocycles. The fourth-order valence-electron chi connectivity index (χ4n) is 0.722. The SMILES string of the molecule is C/C(=C\C/C=C/CO)[Si](C)(C)C. The lowest BCUT2D eigenvalue weighted by atomic mass is 10.3. The molecule has 0 aromatic carbocycles. The topological polar surface area (TPSA) is 20.2 Å². The minimum absolute atomic E-state index is 0.153. The highest BCUT2D eigenvalue weighted by molar-refractivity contribution is 6.82. The predicted octanol–water partition coefficient (Wildman–Crippen LogP) is 2.75. The average Bonchev–Trinajstić information content (AvgIpc) is 1.96. The Morgan fingerprint density at radius 3 is 2.25 bits per heavy atom. The molecule has 0 aliphatic heterocycles. The number of aliphatic hydroxyl groups is 1. The van der Waals surface area contributed by atoms with Crippen LogP contribution in [0.2, 0.25) is 19.6 Å². The monoisotopic (exact) mass is 184 g/mol.